The first-order valence-electron chi connectivity index (χ1n) is 9.93. The van der Waals surface area contributed by atoms with Gasteiger partial charge < -0.3 is 11.1 Å². The molecule has 0 aromatic heterocycles. The second-order valence-corrected chi connectivity index (χ2v) is 9.55. The van der Waals surface area contributed by atoms with Crippen LogP contribution in [0, 0.1) is 0 Å². The fourth-order valence-electron chi connectivity index (χ4n) is 3.67. The number of nitrogen functional groups attached to an aromatic ring is 1. The number of benzene rings is 3. The Balaban J connectivity index is 1.95. The maximum Gasteiger partial charge on any atom is 0.0425 e. The van der Waals surface area contributed by atoms with Crippen molar-refractivity contribution in [2.24, 2.45) is 0 Å². The van der Waals surface area contributed by atoms with Gasteiger partial charge >= 0.3 is 0 Å². The fourth-order valence-corrected chi connectivity index (χ4v) is 3.67. The van der Waals surface area contributed by atoms with E-state index in [1.807, 2.05) is 12.1 Å². The lowest BCUT2D eigenvalue weighted by molar-refractivity contribution is 0.532. The Bertz CT molecular complexity index is 938. The smallest absolute Gasteiger partial charge is 0.0425 e. The minimum atomic E-state index is 0.0517. The molecular weight excluding hydrogens is 340 g/mol. The van der Waals surface area contributed by atoms with E-state index < -0.39 is 0 Å². The maximum absolute atomic E-state index is 5.80. The summed E-state index contributed by atoms with van der Waals surface area (Å²) < 4.78 is 0. The first-order valence-corrected chi connectivity index (χ1v) is 9.93. The number of rotatable bonds is 3. The Hall–Kier alpha value is -2.74. The summed E-state index contributed by atoms with van der Waals surface area (Å²) in [5.74, 6) is 0. The van der Waals surface area contributed by atoms with E-state index in [0.29, 0.717) is 0 Å². The van der Waals surface area contributed by atoms with Gasteiger partial charge in [0.2, 0.25) is 0 Å². The van der Waals surface area contributed by atoms with Crippen LogP contribution >= 0.6 is 0 Å². The molecule has 28 heavy (non-hydrogen) atoms. The van der Waals surface area contributed by atoms with E-state index in [0.717, 1.165) is 11.4 Å². The summed E-state index contributed by atoms with van der Waals surface area (Å²) in [6.45, 7) is 13.7. The minimum absolute atomic E-state index is 0.0517. The van der Waals surface area contributed by atoms with E-state index >= 15 is 0 Å². The summed E-state index contributed by atoms with van der Waals surface area (Å²) in [5.41, 5.74) is 14.1. The molecule has 0 unspecified atom stereocenters. The topological polar surface area (TPSA) is 38.0 Å². The number of nitrogens with two attached hydrogens (primary N) is 1. The van der Waals surface area contributed by atoms with E-state index in [1.54, 1.807) is 0 Å². The quantitative estimate of drug-likeness (QED) is 0.474. The van der Waals surface area contributed by atoms with Gasteiger partial charge in [0.25, 0.3) is 0 Å². The highest BCUT2D eigenvalue weighted by Gasteiger charge is 2.27. The van der Waals surface area contributed by atoms with Gasteiger partial charge in [0, 0.05) is 17.1 Å². The van der Waals surface area contributed by atoms with Crippen LogP contribution in [-0.2, 0) is 10.8 Å². The predicted molar refractivity (Wildman–Crippen MR) is 123 cm³/mol. The van der Waals surface area contributed by atoms with Crippen LogP contribution in [-0.4, -0.2) is 0 Å². The van der Waals surface area contributed by atoms with Crippen molar-refractivity contribution >= 4 is 17.1 Å². The number of hydrogen-bond acceptors (Lipinski definition) is 2. The molecule has 0 saturated heterocycles. The van der Waals surface area contributed by atoms with Gasteiger partial charge in [-0.3, -0.25) is 0 Å². The van der Waals surface area contributed by atoms with Crippen molar-refractivity contribution < 1.29 is 0 Å². The highest BCUT2D eigenvalue weighted by Crippen LogP contribution is 2.39. The van der Waals surface area contributed by atoms with Gasteiger partial charge in [-0.25, -0.2) is 0 Å². The van der Waals surface area contributed by atoms with Gasteiger partial charge in [0.15, 0.2) is 0 Å². The van der Waals surface area contributed by atoms with Gasteiger partial charge in [-0.15, -0.1) is 0 Å². The van der Waals surface area contributed by atoms with Gasteiger partial charge in [-0.05, 0) is 63.4 Å². The first-order chi connectivity index (χ1) is 13.1. The molecule has 3 aromatic carbocycles. The standard InChI is InChI=1S/C26H32N2/c1-25(2,3)22-8-7-9-23(24(22)26(4,5)6)28-21-16-12-19(13-17-21)18-10-14-20(27)15-11-18/h7-17,28H,27H2,1-6H3. The molecule has 0 heterocycles. The van der Waals surface area contributed by atoms with Gasteiger partial charge in [0.05, 0.1) is 0 Å². The highest BCUT2D eigenvalue weighted by atomic mass is 14.9. The summed E-state index contributed by atoms with van der Waals surface area (Å²) >= 11 is 0. The van der Waals surface area contributed by atoms with Crippen molar-refractivity contribution in [1.82, 2.24) is 0 Å². The average Bonchev–Trinajstić information content (AvgIpc) is 2.61. The lowest BCUT2D eigenvalue weighted by Crippen LogP contribution is -2.23. The van der Waals surface area contributed by atoms with Gasteiger partial charge in [0.1, 0.15) is 0 Å². The van der Waals surface area contributed by atoms with Crippen LogP contribution in [0.1, 0.15) is 52.7 Å². The summed E-state index contributed by atoms with van der Waals surface area (Å²) in [7, 11) is 0. The lowest BCUT2D eigenvalue weighted by atomic mass is 9.74. The molecule has 0 aliphatic rings. The molecule has 0 bridgehead atoms. The van der Waals surface area contributed by atoms with Crippen molar-refractivity contribution in [3.63, 3.8) is 0 Å². The molecule has 0 spiro atoms. The second-order valence-electron chi connectivity index (χ2n) is 9.55. The molecule has 2 heteroatoms. The zero-order chi connectivity index (χ0) is 20.5. The molecule has 0 aliphatic heterocycles. The molecule has 0 fully saturated rings. The Kier molecular flexibility index (Phi) is 5.25. The lowest BCUT2D eigenvalue weighted by Gasteiger charge is -2.32. The largest absolute Gasteiger partial charge is 0.399 e. The van der Waals surface area contributed by atoms with E-state index in [2.05, 4.69) is 101 Å². The Morgan fingerprint density at radius 1 is 0.643 bits per heavy atom. The zero-order valence-electron chi connectivity index (χ0n) is 17.9. The number of nitrogens with one attached hydrogen (secondary N) is 1. The molecule has 2 nitrogen and oxygen atoms in total. The molecule has 0 atom stereocenters. The molecule has 146 valence electrons. The maximum atomic E-state index is 5.80. The third-order valence-corrected chi connectivity index (χ3v) is 5.03. The number of anilines is 3. The normalized spacial score (nSPS) is 12.1. The van der Waals surface area contributed by atoms with Gasteiger partial charge in [-0.1, -0.05) is 77.9 Å². The Morgan fingerprint density at radius 3 is 1.68 bits per heavy atom. The Labute approximate surface area is 169 Å². The zero-order valence-corrected chi connectivity index (χ0v) is 17.9. The molecule has 0 amide bonds. The highest BCUT2D eigenvalue weighted by molar-refractivity contribution is 5.71. The molecule has 0 aliphatic carbocycles. The SMILES string of the molecule is CC(C)(C)c1cccc(Nc2ccc(-c3ccc(N)cc3)cc2)c1C(C)(C)C. The van der Waals surface area contributed by atoms with E-state index in [9.17, 15) is 0 Å². The molecule has 3 rings (SSSR count). The monoisotopic (exact) mass is 372 g/mol. The molecule has 0 radical (unpaired) electrons. The summed E-state index contributed by atoms with van der Waals surface area (Å²) in [6.07, 6.45) is 0. The van der Waals surface area contributed by atoms with Crippen LogP contribution < -0.4 is 11.1 Å². The average molecular weight is 373 g/mol. The van der Waals surface area contributed by atoms with Crippen LogP contribution in [0.4, 0.5) is 17.1 Å². The molecule has 3 N–H and O–H groups in total. The summed E-state index contributed by atoms with van der Waals surface area (Å²) in [5, 5.41) is 3.66. The fraction of sp³-hybridized carbons (Fsp3) is 0.308. The number of hydrogen-bond donors (Lipinski definition) is 2. The Morgan fingerprint density at radius 2 is 1.18 bits per heavy atom. The van der Waals surface area contributed by atoms with E-state index in [1.165, 1.54) is 27.9 Å². The summed E-state index contributed by atoms with van der Waals surface area (Å²) in [4.78, 5) is 0. The first kappa shape index (κ1) is 20.0. The van der Waals surface area contributed by atoms with Crippen LogP contribution in [0.25, 0.3) is 11.1 Å². The second kappa shape index (κ2) is 7.35. The predicted octanol–water partition coefficient (Wildman–Crippen LogP) is 7.27. The van der Waals surface area contributed by atoms with Crippen molar-refractivity contribution in [3.8, 4) is 11.1 Å². The minimum Gasteiger partial charge on any atom is -0.399 e. The van der Waals surface area contributed by atoms with Crippen LogP contribution in [0.2, 0.25) is 0 Å². The van der Waals surface area contributed by atoms with Crippen molar-refractivity contribution in [2.75, 3.05) is 11.1 Å². The van der Waals surface area contributed by atoms with E-state index in [4.69, 9.17) is 5.73 Å². The van der Waals surface area contributed by atoms with Crippen molar-refractivity contribution in [1.29, 1.82) is 0 Å². The van der Waals surface area contributed by atoms with Gasteiger partial charge in [-0.2, -0.15) is 0 Å². The molecule has 0 saturated carbocycles. The van der Waals surface area contributed by atoms with Crippen LogP contribution in [0.3, 0.4) is 0 Å². The van der Waals surface area contributed by atoms with Crippen LogP contribution in [0.15, 0.2) is 66.7 Å². The van der Waals surface area contributed by atoms with E-state index in [-0.39, 0.29) is 10.8 Å². The molecular formula is C26H32N2. The van der Waals surface area contributed by atoms with Crippen molar-refractivity contribution in [3.05, 3.63) is 77.9 Å². The van der Waals surface area contributed by atoms with Crippen LogP contribution in [0.5, 0.6) is 0 Å². The molecule has 3 aromatic rings. The third kappa shape index (κ3) is 4.39. The summed E-state index contributed by atoms with van der Waals surface area (Å²) in [6, 6.07) is 23.2. The third-order valence-electron chi connectivity index (χ3n) is 5.03. The van der Waals surface area contributed by atoms with Crippen molar-refractivity contribution in [2.45, 2.75) is 52.4 Å².